The first-order chi connectivity index (χ1) is 16.6. The molecule has 0 unspecified atom stereocenters. The van der Waals surface area contributed by atoms with Crippen molar-refractivity contribution in [2.45, 2.75) is 16.7 Å². The number of azo groups is 1. The summed E-state index contributed by atoms with van der Waals surface area (Å²) in [5.41, 5.74) is -0.0952. The molecule has 196 valence electrons. The molecule has 3 N–H and O–H groups in total. The Hall–Kier alpha value is -1.15. The number of ether oxygens (including phenoxy) is 1. The molecule has 0 saturated carbocycles. The molecule has 2 radical (unpaired) electrons. The second kappa shape index (κ2) is 13.5. The van der Waals surface area contributed by atoms with E-state index in [1.165, 1.54) is 38.3 Å². The first-order valence-electron chi connectivity index (χ1n) is 9.81. The zero-order chi connectivity index (χ0) is 26.9. The van der Waals surface area contributed by atoms with E-state index in [4.69, 9.17) is 9.29 Å². The van der Waals surface area contributed by atoms with Crippen molar-refractivity contribution >= 4 is 112 Å². The maximum atomic E-state index is 12.6. The minimum atomic E-state index is -4.81. The summed E-state index contributed by atoms with van der Waals surface area (Å²) in [5.74, 6) is -1.23. The first-order valence-corrected chi connectivity index (χ1v) is 14.3. The van der Waals surface area contributed by atoms with Crippen molar-refractivity contribution in [3.63, 3.8) is 0 Å². The third kappa shape index (κ3) is 8.42. The second-order valence-corrected chi connectivity index (χ2v) is 11.9. The van der Waals surface area contributed by atoms with Crippen LogP contribution in [-0.2, 0) is 34.5 Å². The number of aryl methyl sites for hydroxylation is 1. The van der Waals surface area contributed by atoms with Gasteiger partial charge in [-0.05, 0) is 24.6 Å². The Morgan fingerprint density at radius 3 is 1.97 bits per heavy atom. The fourth-order valence-corrected chi connectivity index (χ4v) is 5.77. The van der Waals surface area contributed by atoms with E-state index in [1.54, 1.807) is 6.07 Å². The molecule has 0 bridgehead atoms. The van der Waals surface area contributed by atoms with Crippen LogP contribution in [0.4, 0.5) is 11.4 Å². The van der Waals surface area contributed by atoms with E-state index in [9.17, 15) is 34.9 Å². The van der Waals surface area contributed by atoms with Crippen LogP contribution in [0, 0.1) is 6.92 Å². The molecule has 3 rings (SSSR count). The van der Waals surface area contributed by atoms with E-state index in [0.717, 1.165) is 12.1 Å². The molecule has 0 atom stereocenters. The van der Waals surface area contributed by atoms with Crippen LogP contribution in [-0.4, -0.2) is 118 Å². The summed E-state index contributed by atoms with van der Waals surface area (Å²) in [5, 5.41) is 18.6. The zero-order valence-electron chi connectivity index (χ0n) is 20.7. The van der Waals surface area contributed by atoms with Crippen LogP contribution in [0.3, 0.4) is 0 Å². The van der Waals surface area contributed by atoms with Gasteiger partial charge in [0.15, 0.2) is 15.6 Å². The summed E-state index contributed by atoms with van der Waals surface area (Å²) in [6.07, 6.45) is 0. The number of hydrogen-bond donors (Lipinski definition) is 3. The summed E-state index contributed by atoms with van der Waals surface area (Å²) in [6, 6.07) is 9.24. The van der Waals surface area contributed by atoms with Gasteiger partial charge in [0.25, 0.3) is 10.1 Å². The molecule has 0 heterocycles. The maximum Gasteiger partial charge on any atom is 0.397 e. The summed E-state index contributed by atoms with van der Waals surface area (Å²) < 4.78 is 97.7. The molecular formula is C20H20N2Na2O11S3. The van der Waals surface area contributed by atoms with Gasteiger partial charge < -0.3 is 9.84 Å². The van der Waals surface area contributed by atoms with Crippen LogP contribution in [0.25, 0.3) is 10.8 Å². The normalized spacial score (nSPS) is 12.2. The quantitative estimate of drug-likeness (QED) is 0.183. The molecule has 13 nitrogen and oxygen atoms in total. The topological polar surface area (TPSA) is 206 Å². The third-order valence-corrected chi connectivity index (χ3v) is 8.07. The molecule has 0 aromatic heterocycles. The Morgan fingerprint density at radius 1 is 0.842 bits per heavy atom. The van der Waals surface area contributed by atoms with Gasteiger partial charge in [-0.2, -0.15) is 16.8 Å². The Kier molecular flexibility index (Phi) is 12.4. The molecule has 0 amide bonds. The molecule has 0 spiro atoms. The van der Waals surface area contributed by atoms with E-state index in [-0.39, 0.29) is 97.5 Å². The number of nitrogens with zero attached hydrogens (tertiary/aromatic N) is 2. The van der Waals surface area contributed by atoms with Crippen molar-refractivity contribution in [3.05, 3.63) is 48.0 Å². The minimum absolute atomic E-state index is 0. The van der Waals surface area contributed by atoms with Gasteiger partial charge >= 0.3 is 10.4 Å². The van der Waals surface area contributed by atoms with Crippen molar-refractivity contribution < 1.29 is 48.4 Å². The van der Waals surface area contributed by atoms with Crippen molar-refractivity contribution in [2.24, 2.45) is 10.2 Å². The molecule has 18 heteroatoms. The number of fused-ring (bicyclic) bond motifs is 1. The number of benzene rings is 3. The molecule has 0 aliphatic carbocycles. The van der Waals surface area contributed by atoms with E-state index >= 15 is 0 Å². The number of hydrogen-bond acceptors (Lipinski definition) is 11. The van der Waals surface area contributed by atoms with E-state index in [2.05, 4.69) is 14.4 Å². The van der Waals surface area contributed by atoms with Crippen molar-refractivity contribution in [3.8, 4) is 11.5 Å². The van der Waals surface area contributed by atoms with Gasteiger partial charge in [-0.3, -0.25) is 9.11 Å². The molecule has 0 fully saturated rings. The second-order valence-electron chi connectivity index (χ2n) is 7.32. The summed E-state index contributed by atoms with van der Waals surface area (Å²) in [4.78, 5) is -0.721. The molecule has 0 saturated heterocycles. The summed E-state index contributed by atoms with van der Waals surface area (Å²) in [7, 11) is -12.3. The number of rotatable bonds is 9. The Labute approximate surface area is 263 Å². The summed E-state index contributed by atoms with van der Waals surface area (Å²) in [6.45, 7) is 0.612. The Bertz CT molecular complexity index is 1690. The zero-order valence-corrected chi connectivity index (χ0v) is 27.1. The Morgan fingerprint density at radius 2 is 1.42 bits per heavy atom. The predicted octanol–water partition coefficient (Wildman–Crippen LogP) is 2.36. The summed E-state index contributed by atoms with van der Waals surface area (Å²) >= 11 is 0. The van der Waals surface area contributed by atoms with E-state index in [0.29, 0.717) is 0 Å². The van der Waals surface area contributed by atoms with Crippen LogP contribution in [0.1, 0.15) is 5.56 Å². The fraction of sp³-hybridized carbons (Fsp3) is 0.200. The smallest absolute Gasteiger partial charge is 0.397 e. The predicted molar refractivity (Wildman–Crippen MR) is 138 cm³/mol. The fourth-order valence-electron chi connectivity index (χ4n) is 3.30. The van der Waals surface area contributed by atoms with Crippen molar-refractivity contribution in [1.82, 2.24) is 0 Å². The van der Waals surface area contributed by atoms with Gasteiger partial charge in [-0.1, -0.05) is 24.3 Å². The monoisotopic (exact) mass is 606 g/mol. The molecule has 38 heavy (non-hydrogen) atoms. The van der Waals surface area contributed by atoms with Gasteiger partial charge in [-0.15, -0.1) is 10.2 Å². The third-order valence-electron chi connectivity index (χ3n) is 4.90. The van der Waals surface area contributed by atoms with Crippen molar-refractivity contribution in [1.29, 1.82) is 0 Å². The number of methoxy groups -OCH3 is 1. The van der Waals surface area contributed by atoms with Gasteiger partial charge in [0.05, 0.1) is 24.4 Å². The van der Waals surface area contributed by atoms with Crippen molar-refractivity contribution in [2.75, 3.05) is 19.5 Å². The molecular weight excluding hydrogens is 586 g/mol. The van der Waals surface area contributed by atoms with Crippen LogP contribution in [0.5, 0.6) is 11.5 Å². The number of phenols is 1. The van der Waals surface area contributed by atoms with Crippen LogP contribution >= 0.6 is 0 Å². The average molecular weight is 607 g/mol. The number of phenolic OH excluding ortho intramolecular Hbond substituents is 1. The first kappa shape index (κ1) is 34.9. The van der Waals surface area contributed by atoms with Gasteiger partial charge in [-0.25, -0.2) is 12.6 Å². The van der Waals surface area contributed by atoms with Gasteiger partial charge in [0, 0.05) is 76.0 Å². The standard InChI is InChI=1S/C20H20N2O11S3.2Na/c1-12-9-15(17(32-2)11-18(12)34(24,25)8-7-33-36(29,30)31)21-22-16-10-19(35(26,27)28)13-5-3-4-6-14(13)20(16)23;;/h3-6,9-11,23H,7-8H2,1-2H3,(H,26,27,28)(H,29,30,31);;. The molecule has 0 aliphatic rings. The van der Waals surface area contributed by atoms with E-state index < -0.39 is 53.4 Å². The number of aromatic hydroxyl groups is 1. The van der Waals surface area contributed by atoms with Crippen LogP contribution in [0.2, 0.25) is 0 Å². The van der Waals surface area contributed by atoms with Gasteiger partial charge in [0.2, 0.25) is 0 Å². The molecule has 0 aliphatic heterocycles. The average Bonchev–Trinajstić information content (AvgIpc) is 2.76. The molecule has 3 aromatic carbocycles. The Balaban J connectivity index is 0.00000361. The maximum absolute atomic E-state index is 12.6. The van der Waals surface area contributed by atoms with E-state index in [1.807, 2.05) is 0 Å². The number of sulfone groups is 1. The largest absolute Gasteiger partial charge is 0.505 e. The van der Waals surface area contributed by atoms with Crippen LogP contribution < -0.4 is 4.74 Å². The van der Waals surface area contributed by atoms with Crippen LogP contribution in [0.15, 0.2) is 62.5 Å². The molecule has 3 aromatic rings. The SMILES string of the molecule is COc1cc(S(=O)(=O)CCOS(=O)(=O)O)c(C)cc1N=Nc1cc(S(=O)(=O)O)c2ccccc2c1O.[Na].[Na]. The minimum Gasteiger partial charge on any atom is -0.505 e. The van der Waals surface area contributed by atoms with Gasteiger partial charge in [0.1, 0.15) is 22.0 Å².